The van der Waals surface area contributed by atoms with Crippen LogP contribution < -0.4 is 11.1 Å². The predicted molar refractivity (Wildman–Crippen MR) is 73.2 cm³/mol. The van der Waals surface area contributed by atoms with E-state index in [2.05, 4.69) is 15.7 Å². The van der Waals surface area contributed by atoms with Gasteiger partial charge in [-0.3, -0.25) is 4.79 Å². The number of carbonyl (C=O) groups is 1. The number of amides is 1. The molecule has 4 nitrogen and oxygen atoms in total. The molecule has 3 N–H and O–H groups in total. The van der Waals surface area contributed by atoms with E-state index in [4.69, 9.17) is 5.73 Å². The van der Waals surface area contributed by atoms with E-state index in [1.165, 1.54) is 12.8 Å². The van der Waals surface area contributed by atoms with E-state index in [0.717, 1.165) is 36.5 Å². The number of primary amides is 1. The van der Waals surface area contributed by atoms with Gasteiger partial charge in [-0.25, -0.2) is 4.98 Å². The van der Waals surface area contributed by atoms with Gasteiger partial charge in [0, 0.05) is 23.7 Å². The first kappa shape index (κ1) is 13.5. The van der Waals surface area contributed by atoms with Crippen molar-refractivity contribution >= 4 is 17.2 Å². The Kier molecular flexibility index (Phi) is 4.72. The van der Waals surface area contributed by atoms with Crippen LogP contribution in [0.5, 0.6) is 0 Å². The summed E-state index contributed by atoms with van der Waals surface area (Å²) in [6.45, 7) is 2.74. The highest BCUT2D eigenvalue weighted by atomic mass is 32.1. The number of carbonyl (C=O) groups excluding carboxylic acids is 1. The van der Waals surface area contributed by atoms with Gasteiger partial charge in [-0.05, 0) is 19.8 Å². The fourth-order valence-corrected chi connectivity index (χ4v) is 3.32. The molecule has 18 heavy (non-hydrogen) atoms. The summed E-state index contributed by atoms with van der Waals surface area (Å²) in [5.41, 5.74) is 6.57. The quantitative estimate of drug-likeness (QED) is 0.820. The molecule has 2 atom stereocenters. The second-order valence-electron chi connectivity index (χ2n) is 5.02. The van der Waals surface area contributed by atoms with Crippen LogP contribution in [0.4, 0.5) is 0 Å². The molecule has 1 aromatic rings. The van der Waals surface area contributed by atoms with Crippen LogP contribution in [0.15, 0.2) is 5.38 Å². The molecule has 0 radical (unpaired) electrons. The molecule has 1 fully saturated rings. The zero-order valence-corrected chi connectivity index (χ0v) is 11.6. The van der Waals surface area contributed by atoms with E-state index in [9.17, 15) is 4.79 Å². The van der Waals surface area contributed by atoms with E-state index in [-0.39, 0.29) is 17.9 Å². The molecule has 1 amide bonds. The Morgan fingerprint density at radius 2 is 2.28 bits per heavy atom. The average Bonchev–Trinajstić information content (AvgIpc) is 2.62. The summed E-state index contributed by atoms with van der Waals surface area (Å²) in [6, 6.07) is 0.217. The normalized spacial score (nSPS) is 24.7. The maximum absolute atomic E-state index is 11.5. The van der Waals surface area contributed by atoms with Crippen LogP contribution in [0, 0.1) is 12.8 Å². The number of nitrogens with zero attached hydrogens (tertiary/aromatic N) is 1. The number of nitrogens with two attached hydrogens (primary N) is 1. The molecule has 1 aliphatic carbocycles. The van der Waals surface area contributed by atoms with Crippen molar-refractivity contribution in [2.24, 2.45) is 11.7 Å². The lowest BCUT2D eigenvalue weighted by Crippen LogP contribution is -2.41. The summed E-state index contributed by atoms with van der Waals surface area (Å²) < 4.78 is 0. The molecule has 1 heterocycles. The van der Waals surface area contributed by atoms with Gasteiger partial charge in [-0.15, -0.1) is 11.3 Å². The van der Waals surface area contributed by atoms with Crippen molar-refractivity contribution in [1.29, 1.82) is 0 Å². The molecule has 0 bridgehead atoms. The molecule has 0 aromatic carbocycles. The number of aryl methyl sites for hydroxylation is 1. The standard InChI is InChI=1S/C13H21N3OS/c1-9-8-18-12(16-9)7-15-11-6-4-2-3-5-10(11)13(14)17/h8,10-11,15H,2-7H2,1H3,(H2,14,17). The number of hydrogen-bond donors (Lipinski definition) is 2. The minimum absolute atomic E-state index is 0.0199. The fraction of sp³-hybridized carbons (Fsp3) is 0.692. The highest BCUT2D eigenvalue weighted by Gasteiger charge is 2.27. The first-order valence-corrected chi connectivity index (χ1v) is 7.48. The average molecular weight is 267 g/mol. The van der Waals surface area contributed by atoms with Gasteiger partial charge in [0.1, 0.15) is 5.01 Å². The Labute approximate surface area is 112 Å². The molecule has 0 aliphatic heterocycles. The van der Waals surface area contributed by atoms with Gasteiger partial charge in [-0.1, -0.05) is 19.3 Å². The molecule has 0 spiro atoms. The van der Waals surface area contributed by atoms with Crippen LogP contribution in [0.2, 0.25) is 0 Å². The van der Waals surface area contributed by atoms with E-state index < -0.39 is 0 Å². The highest BCUT2D eigenvalue weighted by molar-refractivity contribution is 7.09. The summed E-state index contributed by atoms with van der Waals surface area (Å²) in [5, 5.41) is 6.60. The summed E-state index contributed by atoms with van der Waals surface area (Å²) in [4.78, 5) is 15.9. The van der Waals surface area contributed by atoms with E-state index in [1.54, 1.807) is 11.3 Å². The van der Waals surface area contributed by atoms with Crippen molar-refractivity contribution in [3.8, 4) is 0 Å². The first-order chi connectivity index (χ1) is 8.66. The topological polar surface area (TPSA) is 68.0 Å². The lowest BCUT2D eigenvalue weighted by molar-refractivity contribution is -0.122. The Hall–Kier alpha value is -0.940. The van der Waals surface area contributed by atoms with Gasteiger partial charge >= 0.3 is 0 Å². The van der Waals surface area contributed by atoms with Gasteiger partial charge in [0.05, 0.1) is 5.92 Å². The van der Waals surface area contributed by atoms with Crippen molar-refractivity contribution in [2.75, 3.05) is 0 Å². The van der Waals surface area contributed by atoms with Crippen LogP contribution >= 0.6 is 11.3 Å². The minimum Gasteiger partial charge on any atom is -0.369 e. The van der Waals surface area contributed by atoms with Crippen molar-refractivity contribution in [3.05, 3.63) is 16.1 Å². The Bertz CT molecular complexity index is 405. The third-order valence-corrected chi connectivity index (χ3v) is 4.53. The summed E-state index contributed by atoms with van der Waals surface area (Å²) in [6.07, 6.45) is 5.46. The van der Waals surface area contributed by atoms with E-state index in [1.807, 2.05) is 6.92 Å². The maximum Gasteiger partial charge on any atom is 0.222 e. The first-order valence-electron chi connectivity index (χ1n) is 6.60. The van der Waals surface area contributed by atoms with E-state index in [0.29, 0.717) is 0 Å². The van der Waals surface area contributed by atoms with Crippen LogP contribution in [0.25, 0.3) is 0 Å². The fourth-order valence-electron chi connectivity index (χ4n) is 2.59. The summed E-state index contributed by atoms with van der Waals surface area (Å²) in [7, 11) is 0. The monoisotopic (exact) mass is 267 g/mol. The molecule has 0 saturated heterocycles. The van der Waals surface area contributed by atoms with Crippen LogP contribution in [-0.4, -0.2) is 16.9 Å². The Balaban J connectivity index is 1.94. The molecule has 5 heteroatoms. The minimum atomic E-state index is -0.162. The maximum atomic E-state index is 11.5. The largest absolute Gasteiger partial charge is 0.369 e. The van der Waals surface area contributed by atoms with Crippen molar-refractivity contribution in [1.82, 2.24) is 10.3 Å². The molecular weight excluding hydrogens is 246 g/mol. The number of aromatic nitrogens is 1. The summed E-state index contributed by atoms with van der Waals surface area (Å²) in [5.74, 6) is -0.182. The van der Waals surface area contributed by atoms with Gasteiger partial charge in [0.25, 0.3) is 0 Å². The lowest BCUT2D eigenvalue weighted by Gasteiger charge is -2.23. The molecule has 1 saturated carbocycles. The van der Waals surface area contributed by atoms with Gasteiger partial charge in [0.15, 0.2) is 0 Å². The smallest absolute Gasteiger partial charge is 0.222 e. The third kappa shape index (κ3) is 3.53. The van der Waals surface area contributed by atoms with Crippen LogP contribution in [0.1, 0.15) is 42.8 Å². The van der Waals surface area contributed by atoms with Crippen molar-refractivity contribution < 1.29 is 4.79 Å². The van der Waals surface area contributed by atoms with Crippen LogP contribution in [-0.2, 0) is 11.3 Å². The highest BCUT2D eigenvalue weighted by Crippen LogP contribution is 2.23. The number of nitrogens with one attached hydrogen (secondary N) is 1. The SMILES string of the molecule is Cc1csc(CNC2CCCCCC2C(N)=O)n1. The van der Waals surface area contributed by atoms with Crippen molar-refractivity contribution in [3.63, 3.8) is 0 Å². The van der Waals surface area contributed by atoms with Crippen LogP contribution in [0.3, 0.4) is 0 Å². The van der Waals surface area contributed by atoms with Crippen molar-refractivity contribution in [2.45, 2.75) is 51.6 Å². The zero-order valence-electron chi connectivity index (χ0n) is 10.8. The number of rotatable bonds is 4. The second kappa shape index (κ2) is 6.29. The molecule has 2 rings (SSSR count). The molecule has 1 aromatic heterocycles. The Morgan fingerprint density at radius 1 is 1.50 bits per heavy atom. The third-order valence-electron chi connectivity index (χ3n) is 3.56. The predicted octanol–water partition coefficient (Wildman–Crippen LogP) is 1.98. The molecule has 100 valence electrons. The zero-order chi connectivity index (χ0) is 13.0. The van der Waals surface area contributed by atoms with Gasteiger partial charge < -0.3 is 11.1 Å². The lowest BCUT2D eigenvalue weighted by atomic mass is 9.94. The van der Waals surface area contributed by atoms with Gasteiger partial charge in [-0.2, -0.15) is 0 Å². The molecule has 1 aliphatic rings. The number of hydrogen-bond acceptors (Lipinski definition) is 4. The number of thiazole rings is 1. The summed E-state index contributed by atoms with van der Waals surface area (Å²) >= 11 is 1.66. The van der Waals surface area contributed by atoms with E-state index >= 15 is 0 Å². The Morgan fingerprint density at radius 3 is 2.94 bits per heavy atom. The second-order valence-corrected chi connectivity index (χ2v) is 5.96. The molecule has 2 unspecified atom stereocenters. The molecular formula is C13H21N3OS. The van der Waals surface area contributed by atoms with Gasteiger partial charge in [0.2, 0.25) is 5.91 Å².